The Morgan fingerprint density at radius 3 is 2.64 bits per heavy atom. The van der Waals surface area contributed by atoms with Gasteiger partial charge in [-0.25, -0.2) is 9.59 Å². The summed E-state index contributed by atoms with van der Waals surface area (Å²) in [6.07, 6.45) is 0.941. The van der Waals surface area contributed by atoms with Crippen LogP contribution >= 0.6 is 0 Å². The van der Waals surface area contributed by atoms with Gasteiger partial charge in [-0.2, -0.15) is 0 Å². The zero-order chi connectivity index (χ0) is 18.2. The average molecular weight is 346 g/mol. The second-order valence-corrected chi connectivity index (χ2v) is 5.52. The molecule has 0 aromatic heterocycles. The average Bonchev–Trinajstić information content (AvgIpc) is 3.00. The van der Waals surface area contributed by atoms with Gasteiger partial charge in [0.05, 0.1) is 13.5 Å². The molecule has 25 heavy (non-hydrogen) atoms. The number of esters is 3. The first-order valence-corrected chi connectivity index (χ1v) is 7.38. The molecule has 2 atom stereocenters. The second-order valence-electron chi connectivity index (χ2n) is 5.52. The molecule has 0 radical (unpaired) electrons. The summed E-state index contributed by atoms with van der Waals surface area (Å²) in [5.41, 5.74) is -1.79. The number of hydrogen-bond acceptors (Lipinski definition) is 8. The lowest BCUT2D eigenvalue weighted by Gasteiger charge is -2.38. The van der Waals surface area contributed by atoms with E-state index < -0.39 is 41.8 Å². The van der Waals surface area contributed by atoms with E-state index >= 15 is 0 Å². The van der Waals surface area contributed by atoms with Gasteiger partial charge in [-0.1, -0.05) is 6.07 Å². The predicted molar refractivity (Wildman–Crippen MR) is 81.1 cm³/mol. The lowest BCUT2D eigenvalue weighted by Crippen LogP contribution is -2.57. The third-order valence-electron chi connectivity index (χ3n) is 3.88. The van der Waals surface area contributed by atoms with Crippen molar-refractivity contribution in [3.05, 3.63) is 35.9 Å². The minimum atomic E-state index is -1.84. The monoisotopic (exact) mass is 346 g/mol. The fraction of sp³-hybridized carbons (Fsp3) is 0.294. The maximum absolute atomic E-state index is 12.7. The fourth-order valence-electron chi connectivity index (χ4n) is 2.85. The van der Waals surface area contributed by atoms with Crippen molar-refractivity contribution >= 4 is 23.7 Å². The molecule has 2 aliphatic rings. The second kappa shape index (κ2) is 6.04. The molecule has 0 spiro atoms. The molecule has 130 valence electrons. The van der Waals surface area contributed by atoms with E-state index in [1.54, 1.807) is 0 Å². The third-order valence-corrected chi connectivity index (χ3v) is 3.88. The van der Waals surface area contributed by atoms with Gasteiger partial charge in [0.25, 0.3) is 5.60 Å². The molecular weight excluding hydrogens is 332 g/mol. The molecule has 3 rings (SSSR count). The van der Waals surface area contributed by atoms with E-state index in [1.165, 1.54) is 31.2 Å². The number of hydrogen-bond donors (Lipinski definition) is 0. The van der Waals surface area contributed by atoms with Gasteiger partial charge in [0, 0.05) is 13.0 Å². The van der Waals surface area contributed by atoms with Gasteiger partial charge in [-0.3, -0.25) is 9.59 Å². The van der Waals surface area contributed by atoms with Gasteiger partial charge in [0.2, 0.25) is 0 Å². The molecule has 0 saturated heterocycles. The van der Waals surface area contributed by atoms with E-state index in [0.29, 0.717) is 0 Å². The summed E-state index contributed by atoms with van der Waals surface area (Å²) in [5.74, 6) is -2.53. The Morgan fingerprint density at radius 2 is 2.04 bits per heavy atom. The van der Waals surface area contributed by atoms with Gasteiger partial charge in [0.1, 0.15) is 17.1 Å². The Balaban J connectivity index is 2.07. The van der Waals surface area contributed by atoms with Crippen molar-refractivity contribution in [2.45, 2.75) is 25.0 Å². The maximum atomic E-state index is 12.7. The van der Waals surface area contributed by atoms with Crippen LogP contribution in [0, 0.1) is 0 Å². The minimum Gasteiger partial charge on any atom is -0.470 e. The summed E-state index contributed by atoms with van der Waals surface area (Å²) in [4.78, 5) is 47.7. The zero-order valence-corrected chi connectivity index (χ0v) is 13.4. The summed E-state index contributed by atoms with van der Waals surface area (Å²) in [7, 11) is 1.14. The van der Waals surface area contributed by atoms with Crippen molar-refractivity contribution in [3.63, 3.8) is 0 Å². The van der Waals surface area contributed by atoms with Crippen LogP contribution in [0.25, 0.3) is 0 Å². The summed E-state index contributed by atoms with van der Waals surface area (Å²) in [6.45, 7) is 1.20. The first kappa shape index (κ1) is 16.7. The van der Waals surface area contributed by atoms with E-state index in [2.05, 4.69) is 0 Å². The van der Waals surface area contributed by atoms with Crippen molar-refractivity contribution < 1.29 is 38.1 Å². The van der Waals surface area contributed by atoms with Gasteiger partial charge in [-0.15, -0.1) is 0 Å². The van der Waals surface area contributed by atoms with E-state index in [9.17, 15) is 19.2 Å². The van der Waals surface area contributed by atoms with Crippen LogP contribution in [0.15, 0.2) is 30.4 Å². The predicted octanol–water partition coefficient (Wildman–Crippen LogP) is 0.970. The molecule has 0 bridgehead atoms. The van der Waals surface area contributed by atoms with Crippen LogP contribution in [-0.4, -0.2) is 42.5 Å². The highest BCUT2D eigenvalue weighted by molar-refractivity contribution is 6.06. The Kier molecular flexibility index (Phi) is 4.03. The topological polar surface area (TPSA) is 105 Å². The summed E-state index contributed by atoms with van der Waals surface area (Å²) >= 11 is 0. The molecule has 8 heteroatoms. The Labute approximate surface area is 142 Å². The minimum absolute atomic E-state index is 0.0347. The number of methoxy groups -OCH3 is 1. The van der Waals surface area contributed by atoms with E-state index in [4.69, 9.17) is 18.9 Å². The number of cyclic esters (lactones) is 1. The normalized spacial score (nSPS) is 24.2. The molecule has 0 aliphatic carbocycles. The molecule has 1 aromatic carbocycles. The van der Waals surface area contributed by atoms with Crippen molar-refractivity contribution in [2.24, 2.45) is 0 Å². The lowest BCUT2D eigenvalue weighted by atomic mass is 9.85. The van der Waals surface area contributed by atoms with E-state index in [1.807, 2.05) is 0 Å². The SMILES string of the molecule is COC(=O)[C@]1([C@@H]2C=CC(=O)O2)CC(=O)c2c(OC(C)=O)cccc2O1. The number of carbonyl (C=O) groups is 4. The molecular formula is C17H14O8. The molecule has 8 nitrogen and oxygen atoms in total. The molecule has 0 amide bonds. The van der Waals surface area contributed by atoms with E-state index in [-0.39, 0.29) is 17.1 Å². The Bertz CT molecular complexity index is 809. The molecule has 2 heterocycles. The molecule has 1 aromatic rings. The first-order valence-electron chi connectivity index (χ1n) is 7.38. The fourth-order valence-corrected chi connectivity index (χ4v) is 2.85. The number of Topliss-reactive ketones (excluding diaryl/α,β-unsaturated/α-hetero) is 1. The third kappa shape index (κ3) is 2.75. The van der Waals surface area contributed by atoms with Crippen molar-refractivity contribution in [3.8, 4) is 11.5 Å². The van der Waals surface area contributed by atoms with Crippen LogP contribution in [0.2, 0.25) is 0 Å². The number of fused-ring (bicyclic) bond motifs is 1. The van der Waals surface area contributed by atoms with Crippen LogP contribution in [0.4, 0.5) is 0 Å². The van der Waals surface area contributed by atoms with Gasteiger partial charge >= 0.3 is 17.9 Å². The van der Waals surface area contributed by atoms with Crippen LogP contribution in [-0.2, 0) is 23.9 Å². The van der Waals surface area contributed by atoms with Crippen LogP contribution in [0.5, 0.6) is 11.5 Å². The standard InChI is InChI=1S/C17H14O8/c1-9(18)23-11-4-3-5-12-15(11)10(19)8-17(25-12,16(21)22-2)13-6-7-14(20)24-13/h3-7,13H,8H2,1-2H3/t13-,17+/m0/s1. The molecule has 0 fully saturated rings. The largest absolute Gasteiger partial charge is 0.470 e. The van der Waals surface area contributed by atoms with Crippen LogP contribution in [0.3, 0.4) is 0 Å². The Hall–Kier alpha value is -3.16. The van der Waals surface area contributed by atoms with Crippen molar-refractivity contribution in [1.29, 1.82) is 0 Å². The van der Waals surface area contributed by atoms with Gasteiger partial charge in [0.15, 0.2) is 11.9 Å². The summed E-state index contributed by atoms with van der Waals surface area (Å²) in [5, 5.41) is 0. The number of benzene rings is 1. The first-order chi connectivity index (χ1) is 11.9. The number of rotatable bonds is 3. The van der Waals surface area contributed by atoms with Crippen LogP contribution in [0.1, 0.15) is 23.7 Å². The molecule has 0 saturated carbocycles. The summed E-state index contributed by atoms with van der Waals surface area (Å²) in [6, 6.07) is 4.41. The number of carbonyl (C=O) groups excluding carboxylic acids is 4. The molecule has 0 N–H and O–H groups in total. The molecule has 0 unspecified atom stereocenters. The highest BCUT2D eigenvalue weighted by Crippen LogP contribution is 2.42. The van der Waals surface area contributed by atoms with Crippen molar-refractivity contribution in [1.82, 2.24) is 0 Å². The maximum Gasteiger partial charge on any atom is 0.355 e. The van der Waals surface area contributed by atoms with E-state index in [0.717, 1.165) is 13.2 Å². The quantitative estimate of drug-likeness (QED) is 0.589. The highest BCUT2D eigenvalue weighted by Gasteiger charge is 2.56. The number of ether oxygens (including phenoxy) is 4. The van der Waals surface area contributed by atoms with Crippen LogP contribution < -0.4 is 9.47 Å². The van der Waals surface area contributed by atoms with Gasteiger partial charge in [-0.05, 0) is 18.2 Å². The lowest BCUT2D eigenvalue weighted by molar-refractivity contribution is -0.173. The van der Waals surface area contributed by atoms with Gasteiger partial charge < -0.3 is 18.9 Å². The molecule has 2 aliphatic heterocycles. The summed E-state index contributed by atoms with van der Waals surface area (Å²) < 4.78 is 20.7. The number of ketones is 1. The Morgan fingerprint density at radius 1 is 1.28 bits per heavy atom. The zero-order valence-electron chi connectivity index (χ0n) is 13.4. The smallest absolute Gasteiger partial charge is 0.355 e. The highest BCUT2D eigenvalue weighted by atomic mass is 16.6. The van der Waals surface area contributed by atoms with Crippen molar-refractivity contribution in [2.75, 3.05) is 7.11 Å².